The van der Waals surface area contributed by atoms with E-state index in [9.17, 15) is 8.42 Å². The van der Waals surface area contributed by atoms with Crippen molar-refractivity contribution in [2.24, 2.45) is 5.84 Å². The summed E-state index contributed by atoms with van der Waals surface area (Å²) in [5.41, 5.74) is 2.22. The Morgan fingerprint density at radius 2 is 2.26 bits per heavy atom. The number of aromatic nitrogens is 3. The number of nitrogens with one attached hydrogen (secondary N) is 2. The van der Waals surface area contributed by atoms with Gasteiger partial charge in [-0.25, -0.2) is 24.0 Å². The third-order valence-electron chi connectivity index (χ3n) is 2.18. The summed E-state index contributed by atoms with van der Waals surface area (Å²) in [4.78, 5) is 7.64. The zero-order chi connectivity index (χ0) is 13.9. The molecule has 0 aliphatic heterocycles. The molecule has 0 unspecified atom stereocenters. The van der Waals surface area contributed by atoms with Gasteiger partial charge in [0.2, 0.25) is 15.9 Å². The fraction of sp³-hybridized carbons (Fsp3) is 0.222. The molecule has 2 rings (SSSR count). The highest BCUT2D eigenvalue weighted by Crippen LogP contribution is 2.16. The maximum Gasteiger partial charge on any atom is 0.244 e. The van der Waals surface area contributed by atoms with Gasteiger partial charge in [-0.05, 0) is 19.1 Å². The van der Waals surface area contributed by atoms with Crippen LogP contribution >= 0.6 is 0 Å². The van der Waals surface area contributed by atoms with Crippen LogP contribution in [0.3, 0.4) is 0 Å². The highest BCUT2D eigenvalue weighted by Gasteiger charge is 2.19. The number of anilines is 1. The average Bonchev–Trinajstić information content (AvgIpc) is 2.82. The van der Waals surface area contributed by atoms with E-state index < -0.39 is 10.0 Å². The van der Waals surface area contributed by atoms with Crippen molar-refractivity contribution in [1.29, 1.82) is 0 Å². The molecule has 2 heterocycles. The van der Waals surface area contributed by atoms with Gasteiger partial charge in [0.15, 0.2) is 11.6 Å². The predicted octanol–water partition coefficient (Wildman–Crippen LogP) is -0.463. The summed E-state index contributed by atoms with van der Waals surface area (Å²) in [6.45, 7) is 1.53. The molecule has 4 N–H and O–H groups in total. The lowest BCUT2D eigenvalue weighted by Gasteiger charge is -2.08. The van der Waals surface area contributed by atoms with E-state index in [1.807, 2.05) is 0 Å². The molecule has 0 radical (unpaired) electrons. The topological polar surface area (TPSA) is 136 Å². The Morgan fingerprint density at radius 3 is 2.89 bits per heavy atom. The first-order valence-corrected chi connectivity index (χ1v) is 6.72. The lowest BCUT2D eigenvalue weighted by molar-refractivity contribution is 0.372. The molecular formula is C9H12N6O3S. The summed E-state index contributed by atoms with van der Waals surface area (Å²) < 4.78 is 31.2. The van der Waals surface area contributed by atoms with Crippen LogP contribution in [0.15, 0.2) is 27.7 Å². The molecule has 0 bridgehead atoms. The molecule has 2 aromatic heterocycles. The van der Waals surface area contributed by atoms with Gasteiger partial charge in [0.05, 0.1) is 6.54 Å². The SMILES string of the molecule is Cc1noc(CNS(=O)(=O)c2cccnc2NN)n1. The Labute approximate surface area is 109 Å². The van der Waals surface area contributed by atoms with E-state index in [0.717, 1.165) is 0 Å². The Hall–Kier alpha value is -2.04. The number of nitrogens with two attached hydrogens (primary N) is 1. The standard InChI is InChI=1S/C9H12N6O3S/c1-6-13-8(18-15-6)5-12-19(16,17)7-3-2-4-11-9(7)14-10/h2-4,12H,5,10H2,1H3,(H,11,14). The minimum absolute atomic E-state index is 0.0525. The van der Waals surface area contributed by atoms with Crippen molar-refractivity contribution in [3.8, 4) is 0 Å². The van der Waals surface area contributed by atoms with Crippen molar-refractivity contribution in [3.05, 3.63) is 30.0 Å². The summed E-state index contributed by atoms with van der Waals surface area (Å²) in [7, 11) is -3.77. The van der Waals surface area contributed by atoms with Gasteiger partial charge in [-0.1, -0.05) is 5.16 Å². The Morgan fingerprint density at radius 1 is 1.47 bits per heavy atom. The van der Waals surface area contributed by atoms with Crippen LogP contribution < -0.4 is 16.0 Å². The normalized spacial score (nSPS) is 11.5. The summed E-state index contributed by atoms with van der Waals surface area (Å²) in [6.07, 6.45) is 1.43. The van der Waals surface area contributed by atoms with E-state index >= 15 is 0 Å². The second-order valence-electron chi connectivity index (χ2n) is 3.55. The smallest absolute Gasteiger partial charge is 0.244 e. The van der Waals surface area contributed by atoms with E-state index in [-0.39, 0.29) is 23.1 Å². The van der Waals surface area contributed by atoms with Crippen LogP contribution in [-0.4, -0.2) is 23.5 Å². The van der Waals surface area contributed by atoms with Crippen molar-refractivity contribution in [3.63, 3.8) is 0 Å². The molecule has 19 heavy (non-hydrogen) atoms. The maximum absolute atomic E-state index is 12.1. The van der Waals surface area contributed by atoms with Crippen molar-refractivity contribution < 1.29 is 12.9 Å². The minimum Gasteiger partial charge on any atom is -0.338 e. The molecule has 0 spiro atoms. The minimum atomic E-state index is -3.77. The molecule has 0 saturated carbocycles. The van der Waals surface area contributed by atoms with Crippen LogP contribution in [0.4, 0.5) is 5.82 Å². The number of pyridine rings is 1. The molecule has 0 amide bonds. The Kier molecular flexibility index (Phi) is 3.74. The van der Waals surface area contributed by atoms with Gasteiger partial charge in [-0.2, -0.15) is 4.98 Å². The molecule has 10 heteroatoms. The molecule has 0 fully saturated rings. The maximum atomic E-state index is 12.1. The molecule has 0 aliphatic carbocycles. The van der Waals surface area contributed by atoms with Crippen molar-refractivity contribution >= 4 is 15.8 Å². The zero-order valence-electron chi connectivity index (χ0n) is 9.99. The zero-order valence-corrected chi connectivity index (χ0v) is 10.8. The van der Waals surface area contributed by atoms with Crippen molar-refractivity contribution in [2.45, 2.75) is 18.4 Å². The van der Waals surface area contributed by atoms with E-state index in [4.69, 9.17) is 10.4 Å². The fourth-order valence-electron chi connectivity index (χ4n) is 1.36. The number of sulfonamides is 1. The highest BCUT2D eigenvalue weighted by molar-refractivity contribution is 7.89. The van der Waals surface area contributed by atoms with Gasteiger partial charge in [-0.15, -0.1) is 0 Å². The van der Waals surface area contributed by atoms with Crippen molar-refractivity contribution in [2.75, 3.05) is 5.43 Å². The second-order valence-corrected chi connectivity index (χ2v) is 5.29. The van der Waals surface area contributed by atoms with Crippen LogP contribution in [0.25, 0.3) is 0 Å². The molecule has 0 saturated heterocycles. The van der Waals surface area contributed by atoms with E-state index in [0.29, 0.717) is 5.82 Å². The number of aryl methyl sites for hydroxylation is 1. The summed E-state index contributed by atoms with van der Waals surface area (Å²) in [6, 6.07) is 2.87. The van der Waals surface area contributed by atoms with Gasteiger partial charge in [-0.3, -0.25) is 0 Å². The molecule has 102 valence electrons. The summed E-state index contributed by atoms with van der Waals surface area (Å²) >= 11 is 0. The summed E-state index contributed by atoms with van der Waals surface area (Å²) in [5, 5.41) is 3.56. The highest BCUT2D eigenvalue weighted by atomic mass is 32.2. The van der Waals surface area contributed by atoms with Crippen LogP contribution in [0.2, 0.25) is 0 Å². The summed E-state index contributed by atoms with van der Waals surface area (Å²) in [5.74, 6) is 5.87. The van der Waals surface area contributed by atoms with Crippen LogP contribution in [0, 0.1) is 6.92 Å². The Bertz CT molecular complexity index is 668. The average molecular weight is 284 g/mol. The van der Waals surface area contributed by atoms with Gasteiger partial charge < -0.3 is 9.95 Å². The van der Waals surface area contributed by atoms with Gasteiger partial charge >= 0.3 is 0 Å². The predicted molar refractivity (Wildman–Crippen MR) is 65.1 cm³/mol. The van der Waals surface area contributed by atoms with E-state index in [2.05, 4.69) is 25.3 Å². The van der Waals surface area contributed by atoms with E-state index in [1.165, 1.54) is 18.3 Å². The third kappa shape index (κ3) is 3.05. The quantitative estimate of drug-likeness (QED) is 0.495. The first-order chi connectivity index (χ1) is 9.03. The first kappa shape index (κ1) is 13.4. The van der Waals surface area contributed by atoms with Gasteiger partial charge in [0.25, 0.3) is 0 Å². The van der Waals surface area contributed by atoms with Crippen LogP contribution in [0.1, 0.15) is 11.7 Å². The molecule has 2 aromatic rings. The largest absolute Gasteiger partial charge is 0.338 e. The van der Waals surface area contributed by atoms with Crippen molar-refractivity contribution in [1.82, 2.24) is 19.8 Å². The Balaban J connectivity index is 2.18. The molecule has 9 nitrogen and oxygen atoms in total. The number of hydrazine groups is 1. The first-order valence-electron chi connectivity index (χ1n) is 5.23. The van der Waals surface area contributed by atoms with Gasteiger partial charge in [0.1, 0.15) is 4.90 Å². The third-order valence-corrected chi connectivity index (χ3v) is 3.61. The fourth-order valence-corrected chi connectivity index (χ4v) is 2.46. The lowest BCUT2D eigenvalue weighted by Crippen LogP contribution is -2.25. The van der Waals surface area contributed by atoms with Crippen LogP contribution in [0.5, 0.6) is 0 Å². The van der Waals surface area contributed by atoms with Gasteiger partial charge in [0, 0.05) is 6.20 Å². The van der Waals surface area contributed by atoms with E-state index in [1.54, 1.807) is 6.92 Å². The second kappa shape index (κ2) is 5.30. The molecule has 0 atom stereocenters. The number of hydrogen-bond donors (Lipinski definition) is 3. The number of hydrogen-bond acceptors (Lipinski definition) is 8. The van der Waals surface area contributed by atoms with Crippen LogP contribution in [-0.2, 0) is 16.6 Å². The monoisotopic (exact) mass is 284 g/mol. The molecular weight excluding hydrogens is 272 g/mol. The molecule has 0 aromatic carbocycles. The number of nitrogen functional groups attached to an aromatic ring is 1. The number of rotatable bonds is 5. The number of nitrogens with zero attached hydrogens (tertiary/aromatic N) is 3. The molecule has 0 aliphatic rings. The lowest BCUT2D eigenvalue weighted by atomic mass is 10.5.